The summed E-state index contributed by atoms with van der Waals surface area (Å²) in [5.41, 5.74) is 1.27. The zero-order chi connectivity index (χ0) is 18.5. The molecule has 0 bridgehead atoms. The van der Waals surface area contributed by atoms with Crippen LogP contribution in [0.15, 0.2) is 49.3 Å². The van der Waals surface area contributed by atoms with Crippen molar-refractivity contribution in [1.82, 2.24) is 30.0 Å². The normalized spacial score (nSPS) is 14.2. The van der Waals surface area contributed by atoms with Gasteiger partial charge in [-0.05, 0) is 43.9 Å². The van der Waals surface area contributed by atoms with E-state index >= 15 is 0 Å². The van der Waals surface area contributed by atoms with Crippen molar-refractivity contribution in [3.05, 3.63) is 60.4 Å². The molecule has 0 unspecified atom stereocenters. The van der Waals surface area contributed by atoms with E-state index in [0.29, 0.717) is 23.8 Å². The summed E-state index contributed by atoms with van der Waals surface area (Å²) in [7, 11) is 0. The van der Waals surface area contributed by atoms with Crippen LogP contribution in [0.1, 0.15) is 41.6 Å². The van der Waals surface area contributed by atoms with Gasteiger partial charge in [-0.25, -0.2) is 19.6 Å². The number of hydrogen-bond acceptors (Lipinski definition) is 6. The van der Waals surface area contributed by atoms with Gasteiger partial charge in [-0.1, -0.05) is 6.07 Å². The van der Waals surface area contributed by atoms with Gasteiger partial charge in [0.1, 0.15) is 18.8 Å². The Kier molecular flexibility index (Phi) is 5.04. The van der Waals surface area contributed by atoms with E-state index in [0.717, 1.165) is 18.4 Å². The van der Waals surface area contributed by atoms with Gasteiger partial charge in [0.2, 0.25) is 5.88 Å². The van der Waals surface area contributed by atoms with E-state index in [2.05, 4.69) is 25.4 Å². The first-order chi connectivity index (χ1) is 13.3. The molecule has 0 atom stereocenters. The van der Waals surface area contributed by atoms with Crippen molar-refractivity contribution in [2.24, 2.45) is 0 Å². The molecule has 3 heterocycles. The standard InChI is InChI=1S/C19H20N6O2/c26-18(16-8-4-9-21-17(16)25-13-20-12-24-25)23-11-14-5-3-10-22-19(14)27-15-6-1-2-7-15/h3-5,8-10,12-13,15H,1-2,6-7,11H2,(H,23,26). The maximum Gasteiger partial charge on any atom is 0.255 e. The quantitative estimate of drug-likeness (QED) is 0.721. The van der Waals surface area contributed by atoms with Gasteiger partial charge in [0, 0.05) is 24.5 Å². The molecule has 0 aliphatic heterocycles. The first kappa shape index (κ1) is 17.1. The summed E-state index contributed by atoms with van der Waals surface area (Å²) >= 11 is 0. The molecule has 8 heteroatoms. The van der Waals surface area contributed by atoms with Crippen molar-refractivity contribution in [2.75, 3.05) is 0 Å². The Bertz CT molecular complexity index is 906. The number of amides is 1. The highest BCUT2D eigenvalue weighted by Gasteiger charge is 2.19. The second-order valence-corrected chi connectivity index (χ2v) is 6.39. The molecule has 4 rings (SSSR count). The van der Waals surface area contributed by atoms with Crippen LogP contribution < -0.4 is 10.1 Å². The van der Waals surface area contributed by atoms with Gasteiger partial charge in [0.15, 0.2) is 5.82 Å². The molecular weight excluding hydrogens is 344 g/mol. The smallest absolute Gasteiger partial charge is 0.255 e. The molecule has 138 valence electrons. The Balaban J connectivity index is 1.48. The third-order valence-corrected chi connectivity index (χ3v) is 4.54. The van der Waals surface area contributed by atoms with E-state index < -0.39 is 0 Å². The van der Waals surface area contributed by atoms with Gasteiger partial charge in [-0.15, -0.1) is 0 Å². The fourth-order valence-electron chi connectivity index (χ4n) is 3.17. The predicted octanol–water partition coefficient (Wildman–Crippen LogP) is 2.31. The molecule has 1 fully saturated rings. The number of nitrogens with one attached hydrogen (secondary N) is 1. The molecule has 27 heavy (non-hydrogen) atoms. The lowest BCUT2D eigenvalue weighted by molar-refractivity contribution is 0.0949. The summed E-state index contributed by atoms with van der Waals surface area (Å²) in [6.07, 6.45) is 10.9. The molecule has 8 nitrogen and oxygen atoms in total. The molecule has 0 saturated heterocycles. The minimum absolute atomic E-state index is 0.214. The lowest BCUT2D eigenvalue weighted by Crippen LogP contribution is -2.25. The number of hydrogen-bond donors (Lipinski definition) is 1. The Morgan fingerprint density at radius 2 is 2.00 bits per heavy atom. The highest BCUT2D eigenvalue weighted by atomic mass is 16.5. The van der Waals surface area contributed by atoms with E-state index in [-0.39, 0.29) is 12.0 Å². The van der Waals surface area contributed by atoms with Crippen LogP contribution in [0.4, 0.5) is 0 Å². The van der Waals surface area contributed by atoms with Crippen LogP contribution in [-0.2, 0) is 6.54 Å². The molecule has 3 aromatic heterocycles. The SMILES string of the molecule is O=C(NCc1cccnc1OC1CCCC1)c1cccnc1-n1cncn1. The van der Waals surface area contributed by atoms with Gasteiger partial charge in [-0.2, -0.15) is 5.10 Å². The van der Waals surface area contributed by atoms with Crippen molar-refractivity contribution in [3.63, 3.8) is 0 Å². The van der Waals surface area contributed by atoms with Crippen molar-refractivity contribution in [1.29, 1.82) is 0 Å². The number of rotatable bonds is 6. The fraction of sp³-hybridized carbons (Fsp3) is 0.316. The fourth-order valence-corrected chi connectivity index (χ4v) is 3.17. The number of carbonyl (C=O) groups excluding carboxylic acids is 1. The van der Waals surface area contributed by atoms with Crippen molar-refractivity contribution >= 4 is 5.91 Å². The molecule has 0 spiro atoms. The second kappa shape index (κ2) is 7.94. The number of ether oxygens (including phenoxy) is 1. The van der Waals surface area contributed by atoms with E-state index in [1.165, 1.54) is 30.2 Å². The minimum atomic E-state index is -0.246. The van der Waals surface area contributed by atoms with Gasteiger partial charge < -0.3 is 10.1 Å². The lowest BCUT2D eigenvalue weighted by atomic mass is 10.2. The molecule has 1 aliphatic carbocycles. The van der Waals surface area contributed by atoms with Crippen LogP contribution in [0, 0.1) is 0 Å². The molecule has 1 amide bonds. The summed E-state index contributed by atoms with van der Waals surface area (Å²) in [4.78, 5) is 25.2. The van der Waals surface area contributed by atoms with Crippen LogP contribution in [0.3, 0.4) is 0 Å². The first-order valence-corrected chi connectivity index (χ1v) is 9.00. The minimum Gasteiger partial charge on any atom is -0.474 e. The van der Waals surface area contributed by atoms with Crippen LogP contribution in [0.2, 0.25) is 0 Å². The lowest BCUT2D eigenvalue weighted by Gasteiger charge is -2.15. The summed E-state index contributed by atoms with van der Waals surface area (Å²) in [5, 5.41) is 6.97. The summed E-state index contributed by atoms with van der Waals surface area (Å²) in [5.74, 6) is 0.776. The maximum absolute atomic E-state index is 12.7. The van der Waals surface area contributed by atoms with Gasteiger partial charge >= 0.3 is 0 Å². The van der Waals surface area contributed by atoms with Crippen LogP contribution >= 0.6 is 0 Å². The Morgan fingerprint density at radius 3 is 2.81 bits per heavy atom. The van der Waals surface area contributed by atoms with Crippen molar-refractivity contribution in [3.8, 4) is 11.7 Å². The number of aromatic nitrogens is 5. The Labute approximate surface area is 156 Å². The summed E-state index contributed by atoms with van der Waals surface area (Å²) in [6.45, 7) is 0.320. The summed E-state index contributed by atoms with van der Waals surface area (Å²) in [6, 6.07) is 7.18. The molecule has 0 aromatic carbocycles. The van der Waals surface area contributed by atoms with E-state index in [1.54, 1.807) is 24.5 Å². The maximum atomic E-state index is 12.7. The van der Waals surface area contributed by atoms with Crippen LogP contribution in [-0.4, -0.2) is 36.7 Å². The molecule has 1 saturated carbocycles. The average molecular weight is 364 g/mol. The predicted molar refractivity (Wildman–Crippen MR) is 97.4 cm³/mol. The molecule has 1 aliphatic rings. The third-order valence-electron chi connectivity index (χ3n) is 4.54. The van der Waals surface area contributed by atoms with Gasteiger partial charge in [0.05, 0.1) is 5.56 Å². The van der Waals surface area contributed by atoms with Crippen LogP contribution in [0.5, 0.6) is 5.88 Å². The Morgan fingerprint density at radius 1 is 1.19 bits per heavy atom. The Hall–Kier alpha value is -3.29. The monoisotopic (exact) mass is 364 g/mol. The third kappa shape index (κ3) is 3.94. The van der Waals surface area contributed by atoms with E-state index in [1.807, 2.05) is 12.1 Å². The molecule has 3 aromatic rings. The van der Waals surface area contributed by atoms with Gasteiger partial charge in [-0.3, -0.25) is 4.79 Å². The highest BCUT2D eigenvalue weighted by Crippen LogP contribution is 2.25. The largest absolute Gasteiger partial charge is 0.474 e. The second-order valence-electron chi connectivity index (χ2n) is 6.39. The van der Waals surface area contributed by atoms with Crippen LogP contribution in [0.25, 0.3) is 5.82 Å². The molecule has 1 N–H and O–H groups in total. The van der Waals surface area contributed by atoms with E-state index in [9.17, 15) is 4.79 Å². The highest BCUT2D eigenvalue weighted by molar-refractivity contribution is 5.97. The number of pyridine rings is 2. The molecule has 0 radical (unpaired) electrons. The first-order valence-electron chi connectivity index (χ1n) is 9.00. The van der Waals surface area contributed by atoms with Crippen molar-refractivity contribution in [2.45, 2.75) is 38.3 Å². The average Bonchev–Trinajstić information content (AvgIpc) is 3.41. The zero-order valence-corrected chi connectivity index (χ0v) is 14.8. The number of carbonyl (C=O) groups is 1. The topological polar surface area (TPSA) is 94.8 Å². The van der Waals surface area contributed by atoms with Gasteiger partial charge in [0.25, 0.3) is 5.91 Å². The zero-order valence-electron chi connectivity index (χ0n) is 14.8. The summed E-state index contributed by atoms with van der Waals surface area (Å²) < 4.78 is 7.50. The number of nitrogens with zero attached hydrogens (tertiary/aromatic N) is 5. The van der Waals surface area contributed by atoms with Crippen molar-refractivity contribution < 1.29 is 9.53 Å². The van der Waals surface area contributed by atoms with E-state index in [4.69, 9.17) is 4.74 Å². The molecular formula is C19H20N6O2.